The molecule has 1 saturated carbocycles. The molecule has 0 bridgehead atoms. The quantitative estimate of drug-likeness (QED) is 0.822. The van der Waals surface area contributed by atoms with Crippen molar-refractivity contribution in [3.63, 3.8) is 0 Å². The van der Waals surface area contributed by atoms with Crippen LogP contribution in [-0.2, 0) is 4.79 Å². The second-order valence-corrected chi connectivity index (χ2v) is 6.81. The third kappa shape index (κ3) is 3.73. The van der Waals surface area contributed by atoms with Gasteiger partial charge in [-0.1, -0.05) is 12.8 Å². The van der Waals surface area contributed by atoms with Crippen molar-refractivity contribution in [2.75, 3.05) is 19.6 Å². The van der Waals surface area contributed by atoms with Crippen molar-refractivity contribution in [2.45, 2.75) is 75.9 Å². The van der Waals surface area contributed by atoms with Crippen molar-refractivity contribution in [1.29, 1.82) is 0 Å². The van der Waals surface area contributed by atoms with Gasteiger partial charge in [0, 0.05) is 37.6 Å². The summed E-state index contributed by atoms with van der Waals surface area (Å²) in [5.74, 6) is 0.253. The SMILES string of the molecule is O=C(CC1CCCN1)NC1CCN(C2CCCC2)CC1. The molecule has 2 saturated heterocycles. The summed E-state index contributed by atoms with van der Waals surface area (Å²) in [4.78, 5) is 14.7. The van der Waals surface area contributed by atoms with Gasteiger partial charge in [0.1, 0.15) is 0 Å². The van der Waals surface area contributed by atoms with Gasteiger partial charge in [0.15, 0.2) is 0 Å². The first-order valence-corrected chi connectivity index (χ1v) is 8.58. The number of carbonyl (C=O) groups excluding carboxylic acids is 1. The Morgan fingerprint density at radius 1 is 1.05 bits per heavy atom. The Morgan fingerprint density at radius 2 is 1.80 bits per heavy atom. The Bertz CT molecular complexity index is 314. The van der Waals surface area contributed by atoms with Crippen molar-refractivity contribution in [1.82, 2.24) is 15.5 Å². The molecule has 0 aromatic carbocycles. The lowest BCUT2D eigenvalue weighted by Crippen LogP contribution is -2.48. The van der Waals surface area contributed by atoms with Crippen LogP contribution in [-0.4, -0.2) is 48.6 Å². The van der Waals surface area contributed by atoms with Crippen LogP contribution in [0.1, 0.15) is 57.8 Å². The minimum absolute atomic E-state index is 0.253. The van der Waals surface area contributed by atoms with Gasteiger partial charge in [-0.05, 0) is 45.1 Å². The summed E-state index contributed by atoms with van der Waals surface area (Å²) < 4.78 is 0. The summed E-state index contributed by atoms with van der Waals surface area (Å²) in [5.41, 5.74) is 0. The van der Waals surface area contributed by atoms with Crippen LogP contribution >= 0.6 is 0 Å². The normalized spacial score (nSPS) is 29.9. The molecule has 3 fully saturated rings. The predicted molar refractivity (Wildman–Crippen MR) is 80.6 cm³/mol. The van der Waals surface area contributed by atoms with Gasteiger partial charge in [-0.2, -0.15) is 0 Å². The van der Waals surface area contributed by atoms with Gasteiger partial charge in [-0.15, -0.1) is 0 Å². The van der Waals surface area contributed by atoms with Crippen molar-refractivity contribution in [3.05, 3.63) is 0 Å². The number of nitrogens with zero attached hydrogens (tertiary/aromatic N) is 1. The zero-order valence-corrected chi connectivity index (χ0v) is 12.6. The monoisotopic (exact) mass is 279 g/mol. The molecule has 2 N–H and O–H groups in total. The highest BCUT2D eigenvalue weighted by Crippen LogP contribution is 2.26. The molecule has 1 unspecified atom stereocenters. The molecular weight excluding hydrogens is 250 g/mol. The number of likely N-dealkylation sites (tertiary alicyclic amines) is 1. The van der Waals surface area contributed by atoms with E-state index in [-0.39, 0.29) is 5.91 Å². The second-order valence-electron chi connectivity index (χ2n) is 6.81. The van der Waals surface area contributed by atoms with Crippen LogP contribution in [0.25, 0.3) is 0 Å². The fourth-order valence-electron chi connectivity index (χ4n) is 4.12. The molecule has 2 aliphatic heterocycles. The summed E-state index contributed by atoms with van der Waals surface area (Å²) in [6.07, 6.45) is 10.9. The van der Waals surface area contributed by atoms with E-state index in [0.717, 1.165) is 31.8 Å². The first kappa shape index (κ1) is 14.3. The summed E-state index contributed by atoms with van der Waals surface area (Å²) in [6.45, 7) is 3.44. The number of hydrogen-bond acceptors (Lipinski definition) is 3. The van der Waals surface area contributed by atoms with E-state index in [2.05, 4.69) is 15.5 Å². The zero-order valence-electron chi connectivity index (χ0n) is 12.6. The first-order chi connectivity index (χ1) is 9.81. The molecule has 3 rings (SSSR count). The van der Waals surface area contributed by atoms with Crippen LogP contribution in [0.4, 0.5) is 0 Å². The Kier molecular flexibility index (Phi) is 4.94. The molecule has 2 heterocycles. The third-order valence-corrected chi connectivity index (χ3v) is 5.33. The van der Waals surface area contributed by atoms with E-state index < -0.39 is 0 Å². The molecule has 20 heavy (non-hydrogen) atoms. The van der Waals surface area contributed by atoms with E-state index in [1.807, 2.05) is 0 Å². The molecule has 1 amide bonds. The van der Waals surface area contributed by atoms with Crippen molar-refractivity contribution in [2.24, 2.45) is 0 Å². The number of amides is 1. The van der Waals surface area contributed by atoms with Crippen LogP contribution in [0.2, 0.25) is 0 Å². The lowest BCUT2D eigenvalue weighted by atomic mass is 10.0. The van der Waals surface area contributed by atoms with Crippen LogP contribution in [0.15, 0.2) is 0 Å². The van der Waals surface area contributed by atoms with Gasteiger partial charge in [0.05, 0.1) is 0 Å². The van der Waals surface area contributed by atoms with Crippen molar-refractivity contribution < 1.29 is 4.79 Å². The van der Waals surface area contributed by atoms with Gasteiger partial charge in [0.25, 0.3) is 0 Å². The minimum Gasteiger partial charge on any atom is -0.353 e. The van der Waals surface area contributed by atoms with Gasteiger partial charge in [-0.25, -0.2) is 0 Å². The van der Waals surface area contributed by atoms with Gasteiger partial charge < -0.3 is 15.5 Å². The molecule has 0 radical (unpaired) electrons. The van der Waals surface area contributed by atoms with Crippen molar-refractivity contribution >= 4 is 5.91 Å². The van der Waals surface area contributed by atoms with E-state index in [1.54, 1.807) is 0 Å². The average molecular weight is 279 g/mol. The molecule has 4 nitrogen and oxygen atoms in total. The highest BCUT2D eigenvalue weighted by atomic mass is 16.1. The molecule has 0 spiro atoms. The minimum atomic E-state index is 0.253. The van der Waals surface area contributed by atoms with E-state index in [4.69, 9.17) is 0 Å². The van der Waals surface area contributed by atoms with Gasteiger partial charge in [0.2, 0.25) is 5.91 Å². The van der Waals surface area contributed by atoms with Gasteiger partial charge >= 0.3 is 0 Å². The highest BCUT2D eigenvalue weighted by molar-refractivity contribution is 5.76. The number of nitrogens with one attached hydrogen (secondary N) is 2. The van der Waals surface area contributed by atoms with E-state index in [1.165, 1.54) is 45.2 Å². The molecular formula is C16H29N3O. The van der Waals surface area contributed by atoms with Crippen LogP contribution < -0.4 is 10.6 Å². The van der Waals surface area contributed by atoms with Crippen LogP contribution in [0.5, 0.6) is 0 Å². The van der Waals surface area contributed by atoms with Crippen molar-refractivity contribution in [3.8, 4) is 0 Å². The van der Waals surface area contributed by atoms with E-state index in [0.29, 0.717) is 18.5 Å². The smallest absolute Gasteiger partial charge is 0.221 e. The predicted octanol–water partition coefficient (Wildman–Crippen LogP) is 1.65. The molecule has 0 aromatic heterocycles. The summed E-state index contributed by atoms with van der Waals surface area (Å²) in [6, 6.07) is 1.68. The Labute approximate surface area is 122 Å². The summed E-state index contributed by atoms with van der Waals surface area (Å²) >= 11 is 0. The standard InChI is InChI=1S/C16H29N3O/c20-16(12-14-4-3-9-17-14)18-13-7-10-19(11-8-13)15-5-1-2-6-15/h13-15,17H,1-12H2,(H,18,20). The second kappa shape index (κ2) is 6.90. The van der Waals surface area contributed by atoms with Crippen LogP contribution in [0.3, 0.4) is 0 Å². The molecule has 1 atom stereocenters. The number of piperidine rings is 1. The Hall–Kier alpha value is -0.610. The van der Waals surface area contributed by atoms with Crippen LogP contribution in [0, 0.1) is 0 Å². The lowest BCUT2D eigenvalue weighted by Gasteiger charge is -2.36. The lowest BCUT2D eigenvalue weighted by molar-refractivity contribution is -0.122. The maximum absolute atomic E-state index is 12.0. The maximum atomic E-state index is 12.0. The van der Waals surface area contributed by atoms with E-state index >= 15 is 0 Å². The molecule has 1 aliphatic carbocycles. The first-order valence-electron chi connectivity index (χ1n) is 8.58. The highest BCUT2D eigenvalue weighted by Gasteiger charge is 2.28. The largest absolute Gasteiger partial charge is 0.353 e. The average Bonchev–Trinajstić information content (AvgIpc) is 3.12. The summed E-state index contributed by atoms with van der Waals surface area (Å²) in [7, 11) is 0. The molecule has 3 aliphatic rings. The zero-order chi connectivity index (χ0) is 13.8. The number of carbonyl (C=O) groups is 1. The number of hydrogen-bond donors (Lipinski definition) is 2. The fraction of sp³-hybridized carbons (Fsp3) is 0.938. The molecule has 114 valence electrons. The maximum Gasteiger partial charge on any atom is 0.221 e. The van der Waals surface area contributed by atoms with E-state index in [9.17, 15) is 4.79 Å². The Balaban J connectivity index is 1.36. The third-order valence-electron chi connectivity index (χ3n) is 5.33. The fourth-order valence-corrected chi connectivity index (χ4v) is 4.12. The molecule has 4 heteroatoms. The molecule has 0 aromatic rings. The Morgan fingerprint density at radius 3 is 2.45 bits per heavy atom. The van der Waals surface area contributed by atoms with Gasteiger partial charge in [-0.3, -0.25) is 4.79 Å². The number of rotatable bonds is 4. The summed E-state index contributed by atoms with van der Waals surface area (Å²) in [5, 5.41) is 6.65. The topological polar surface area (TPSA) is 44.4 Å².